The maximum absolute atomic E-state index is 14.0. The number of hydrogen-bond donors (Lipinski definition) is 2. The lowest BCUT2D eigenvalue weighted by Gasteiger charge is -2.42. The Morgan fingerprint density at radius 2 is 1.75 bits per heavy atom. The zero-order valence-corrected chi connectivity index (χ0v) is 23.5. The van der Waals surface area contributed by atoms with Crippen LogP contribution >= 0.6 is 11.6 Å². The zero-order valence-electron chi connectivity index (χ0n) is 22.8. The summed E-state index contributed by atoms with van der Waals surface area (Å²) in [5.41, 5.74) is 1.93. The van der Waals surface area contributed by atoms with Gasteiger partial charge in [-0.3, -0.25) is 14.4 Å². The highest BCUT2D eigenvalue weighted by molar-refractivity contribution is 6.30. The molecule has 1 saturated carbocycles. The topological polar surface area (TPSA) is 81.8 Å². The molecule has 3 aliphatic rings. The third-order valence-corrected chi connectivity index (χ3v) is 8.52. The molecule has 0 spiro atoms. The van der Waals surface area contributed by atoms with Crippen molar-refractivity contribution in [1.82, 2.24) is 20.4 Å². The van der Waals surface area contributed by atoms with Gasteiger partial charge in [-0.25, -0.2) is 4.39 Å². The van der Waals surface area contributed by atoms with Crippen LogP contribution in [0.5, 0.6) is 0 Å². The Bertz CT molecular complexity index is 1180. The summed E-state index contributed by atoms with van der Waals surface area (Å²) in [6.45, 7) is 2.30. The molecule has 0 bridgehead atoms. The number of carbonyl (C=O) groups is 3. The predicted molar refractivity (Wildman–Crippen MR) is 152 cm³/mol. The molecule has 3 unspecified atom stereocenters. The smallest absolute Gasteiger partial charge is 0.246 e. The summed E-state index contributed by atoms with van der Waals surface area (Å²) in [6.07, 6.45) is 6.35. The first-order valence-corrected chi connectivity index (χ1v) is 14.9. The first kappa shape index (κ1) is 28.6. The summed E-state index contributed by atoms with van der Waals surface area (Å²) in [5, 5.41) is 6.86. The van der Waals surface area contributed by atoms with E-state index >= 15 is 0 Å². The van der Waals surface area contributed by atoms with E-state index < -0.39 is 12.1 Å². The van der Waals surface area contributed by atoms with E-state index in [2.05, 4.69) is 10.6 Å². The van der Waals surface area contributed by atoms with Crippen LogP contribution in [-0.2, 0) is 27.2 Å². The molecule has 40 heavy (non-hydrogen) atoms. The van der Waals surface area contributed by atoms with Gasteiger partial charge in [0.1, 0.15) is 17.9 Å². The number of benzene rings is 2. The lowest BCUT2D eigenvalue weighted by molar-refractivity contribution is -0.153. The summed E-state index contributed by atoms with van der Waals surface area (Å²) >= 11 is 6.00. The highest BCUT2D eigenvalue weighted by atomic mass is 35.5. The Balaban J connectivity index is 1.28. The summed E-state index contributed by atoms with van der Waals surface area (Å²) in [4.78, 5) is 44.4. The van der Waals surface area contributed by atoms with Crippen LogP contribution in [0.1, 0.15) is 49.7 Å². The molecule has 2 aromatic carbocycles. The quantitative estimate of drug-likeness (QED) is 0.433. The Kier molecular flexibility index (Phi) is 9.37. The van der Waals surface area contributed by atoms with Crippen LogP contribution in [0.25, 0.3) is 0 Å². The third-order valence-electron chi connectivity index (χ3n) is 8.27. The standard InChI is InChI=1S/C31H38ClFN4O3/c32-24-11-7-21(8-12-24)3-2-16-36-17-18-37(28(31(36)40)20-23-5-6-23)30(39)27(19-22-9-13-25(33)14-10-22)35-29(38)26-4-1-15-34-26/h7-14,23,26-28,34H,1-6,15-20H2,(H,35,38). The van der Waals surface area contributed by atoms with E-state index in [4.69, 9.17) is 11.6 Å². The summed E-state index contributed by atoms with van der Waals surface area (Å²) in [6, 6.07) is 12.1. The molecule has 7 nitrogen and oxygen atoms in total. The fraction of sp³-hybridized carbons (Fsp3) is 0.516. The first-order valence-electron chi connectivity index (χ1n) is 14.5. The molecule has 2 aromatic rings. The van der Waals surface area contributed by atoms with E-state index in [0.29, 0.717) is 37.0 Å². The van der Waals surface area contributed by atoms with Crippen molar-refractivity contribution in [3.05, 3.63) is 70.5 Å². The monoisotopic (exact) mass is 568 g/mol. The van der Waals surface area contributed by atoms with E-state index in [1.807, 2.05) is 29.2 Å². The second-order valence-electron chi connectivity index (χ2n) is 11.3. The van der Waals surface area contributed by atoms with Gasteiger partial charge < -0.3 is 20.4 Å². The van der Waals surface area contributed by atoms with Crippen LogP contribution in [0.2, 0.25) is 5.02 Å². The third kappa shape index (κ3) is 7.40. The fourth-order valence-electron chi connectivity index (χ4n) is 5.78. The average Bonchev–Trinajstić information content (AvgIpc) is 3.60. The van der Waals surface area contributed by atoms with Gasteiger partial charge in [-0.15, -0.1) is 0 Å². The molecule has 0 aromatic heterocycles. The number of piperazine rings is 1. The number of aryl methyl sites for hydroxylation is 1. The SMILES string of the molecule is O=C(NC(Cc1ccc(F)cc1)C(=O)N1CCN(CCCc2ccc(Cl)cc2)C(=O)C1CC1CC1)C1CCCN1. The Hall–Kier alpha value is -2.97. The van der Waals surface area contributed by atoms with Gasteiger partial charge in [0.25, 0.3) is 0 Å². The van der Waals surface area contributed by atoms with Crippen LogP contribution < -0.4 is 10.6 Å². The molecule has 214 valence electrons. The van der Waals surface area contributed by atoms with Crippen LogP contribution in [0.4, 0.5) is 4.39 Å². The van der Waals surface area contributed by atoms with E-state index in [9.17, 15) is 18.8 Å². The normalized spacial score (nSPS) is 21.9. The van der Waals surface area contributed by atoms with Crippen molar-refractivity contribution in [2.75, 3.05) is 26.2 Å². The van der Waals surface area contributed by atoms with Crippen molar-refractivity contribution >= 4 is 29.3 Å². The Morgan fingerprint density at radius 1 is 1.02 bits per heavy atom. The molecule has 2 saturated heterocycles. The molecular formula is C31H38ClFN4O3. The average molecular weight is 569 g/mol. The summed E-state index contributed by atoms with van der Waals surface area (Å²) < 4.78 is 13.5. The molecule has 3 atom stereocenters. The number of carbonyl (C=O) groups excluding carboxylic acids is 3. The lowest BCUT2D eigenvalue weighted by atomic mass is 9.99. The number of hydrogen-bond acceptors (Lipinski definition) is 4. The lowest BCUT2D eigenvalue weighted by Crippen LogP contribution is -2.63. The van der Waals surface area contributed by atoms with Crippen molar-refractivity contribution in [3.63, 3.8) is 0 Å². The zero-order chi connectivity index (χ0) is 28.1. The van der Waals surface area contributed by atoms with Gasteiger partial charge in [0, 0.05) is 31.1 Å². The highest BCUT2D eigenvalue weighted by Crippen LogP contribution is 2.36. The molecule has 0 radical (unpaired) electrons. The van der Waals surface area contributed by atoms with Crippen molar-refractivity contribution in [2.24, 2.45) is 5.92 Å². The van der Waals surface area contributed by atoms with Gasteiger partial charge in [-0.2, -0.15) is 0 Å². The molecule has 1 aliphatic carbocycles. The minimum atomic E-state index is -0.827. The van der Waals surface area contributed by atoms with Crippen LogP contribution in [0.15, 0.2) is 48.5 Å². The highest BCUT2D eigenvalue weighted by Gasteiger charge is 2.42. The van der Waals surface area contributed by atoms with Gasteiger partial charge >= 0.3 is 0 Å². The second-order valence-corrected chi connectivity index (χ2v) is 11.8. The summed E-state index contributed by atoms with van der Waals surface area (Å²) in [5.74, 6) is -0.356. The first-order chi connectivity index (χ1) is 19.4. The van der Waals surface area contributed by atoms with Crippen LogP contribution in [0.3, 0.4) is 0 Å². The van der Waals surface area contributed by atoms with E-state index in [-0.39, 0.29) is 36.0 Å². The summed E-state index contributed by atoms with van der Waals surface area (Å²) in [7, 11) is 0. The number of rotatable bonds is 11. The largest absolute Gasteiger partial charge is 0.343 e. The van der Waals surface area contributed by atoms with Crippen molar-refractivity contribution < 1.29 is 18.8 Å². The molecule has 2 heterocycles. The molecule has 5 rings (SSSR count). The van der Waals surface area contributed by atoms with Gasteiger partial charge in [0.05, 0.1) is 6.04 Å². The van der Waals surface area contributed by atoms with Gasteiger partial charge in [0.2, 0.25) is 17.7 Å². The van der Waals surface area contributed by atoms with Crippen molar-refractivity contribution in [1.29, 1.82) is 0 Å². The predicted octanol–water partition coefficient (Wildman–Crippen LogP) is 3.73. The molecule has 3 amide bonds. The number of halogens is 2. The molecule has 2 aliphatic heterocycles. The molecule has 3 fully saturated rings. The molecule has 2 N–H and O–H groups in total. The molecule has 9 heteroatoms. The molecular weight excluding hydrogens is 531 g/mol. The van der Waals surface area contributed by atoms with Crippen molar-refractivity contribution in [3.8, 4) is 0 Å². The number of nitrogens with zero attached hydrogens (tertiary/aromatic N) is 2. The number of nitrogens with one attached hydrogen (secondary N) is 2. The van der Waals surface area contributed by atoms with E-state index in [1.54, 1.807) is 17.0 Å². The minimum Gasteiger partial charge on any atom is -0.343 e. The van der Waals surface area contributed by atoms with Crippen LogP contribution in [0, 0.1) is 11.7 Å². The maximum Gasteiger partial charge on any atom is 0.246 e. The Morgan fingerprint density at radius 3 is 2.42 bits per heavy atom. The van der Waals surface area contributed by atoms with Crippen LogP contribution in [-0.4, -0.2) is 71.8 Å². The fourth-order valence-corrected chi connectivity index (χ4v) is 5.91. The maximum atomic E-state index is 14.0. The van der Waals surface area contributed by atoms with E-state index in [0.717, 1.165) is 50.6 Å². The van der Waals surface area contributed by atoms with E-state index in [1.165, 1.54) is 17.7 Å². The van der Waals surface area contributed by atoms with Gasteiger partial charge in [-0.05, 0) is 80.0 Å². The Labute approximate surface area is 240 Å². The minimum absolute atomic E-state index is 0.00748. The second kappa shape index (κ2) is 13.1. The van der Waals surface area contributed by atoms with Crippen molar-refractivity contribution in [2.45, 2.75) is 69.5 Å². The number of amides is 3. The van der Waals surface area contributed by atoms with Gasteiger partial charge in [-0.1, -0.05) is 48.7 Å². The van der Waals surface area contributed by atoms with Gasteiger partial charge in [0.15, 0.2) is 0 Å².